The molecule has 0 saturated heterocycles. The first-order valence-corrected chi connectivity index (χ1v) is 6.86. The number of carbonyl (C=O) groups is 2. The summed E-state index contributed by atoms with van der Waals surface area (Å²) in [5, 5.41) is 2.18. The summed E-state index contributed by atoms with van der Waals surface area (Å²) in [7, 11) is 0. The second-order valence-electron chi connectivity index (χ2n) is 4.76. The number of benzene rings is 1. The van der Waals surface area contributed by atoms with Gasteiger partial charge in [0.1, 0.15) is 12.0 Å². The van der Waals surface area contributed by atoms with Gasteiger partial charge in [-0.05, 0) is 24.1 Å². The number of esters is 1. The highest BCUT2D eigenvalue weighted by molar-refractivity contribution is 6.04. The quantitative estimate of drug-likeness (QED) is 0.680. The van der Waals surface area contributed by atoms with Crippen LogP contribution in [-0.2, 0) is 17.4 Å². The molecule has 128 valence electrons. The zero-order valence-corrected chi connectivity index (χ0v) is 12.7. The minimum Gasteiger partial charge on any atom is -0.439 e. The van der Waals surface area contributed by atoms with Gasteiger partial charge >= 0.3 is 18.0 Å². The number of nitrogens with one attached hydrogen (secondary N) is 1. The van der Waals surface area contributed by atoms with Crippen LogP contribution in [-0.4, -0.2) is 16.9 Å². The van der Waals surface area contributed by atoms with Gasteiger partial charge in [0.05, 0.1) is 0 Å². The van der Waals surface area contributed by atoms with E-state index in [9.17, 15) is 22.8 Å². The number of hydrogen-bond acceptors (Lipinski definition) is 5. The average molecular weight is 342 g/mol. The number of anilines is 1. The molecule has 0 aliphatic heterocycles. The molecule has 1 heterocycles. The third-order valence-corrected chi connectivity index (χ3v) is 2.95. The van der Waals surface area contributed by atoms with Crippen molar-refractivity contribution in [1.29, 1.82) is 0 Å². The second-order valence-corrected chi connectivity index (χ2v) is 4.76. The molecule has 1 N–H and O–H groups in total. The Morgan fingerprint density at radius 3 is 2.58 bits per heavy atom. The first kappa shape index (κ1) is 17.5. The van der Waals surface area contributed by atoms with Gasteiger partial charge in [-0.2, -0.15) is 18.2 Å². The van der Waals surface area contributed by atoms with Crippen LogP contribution in [0.3, 0.4) is 0 Å². The van der Waals surface area contributed by atoms with E-state index in [2.05, 4.69) is 14.7 Å². The van der Waals surface area contributed by atoms with E-state index < -0.39 is 23.9 Å². The standard InChI is InChI=1S/C15H13F3N2O4/c1-3-9-4-5-10(6-11(9)24-8(2)21)13(22)19-12-7-23-14(20-12)15(16,17)18/h4-7H,3H2,1-2H3,(H,19,22). The minimum atomic E-state index is -4.74. The summed E-state index contributed by atoms with van der Waals surface area (Å²) in [5.41, 5.74) is 0.808. The number of rotatable bonds is 4. The van der Waals surface area contributed by atoms with Crippen LogP contribution in [0.1, 0.15) is 35.7 Å². The lowest BCUT2D eigenvalue weighted by Crippen LogP contribution is -2.14. The number of alkyl halides is 3. The summed E-state index contributed by atoms with van der Waals surface area (Å²) in [5.74, 6) is -2.88. The molecule has 24 heavy (non-hydrogen) atoms. The number of oxazole rings is 1. The number of aromatic nitrogens is 1. The molecular weight excluding hydrogens is 329 g/mol. The van der Waals surface area contributed by atoms with Crippen molar-refractivity contribution >= 4 is 17.7 Å². The molecule has 1 amide bonds. The van der Waals surface area contributed by atoms with E-state index >= 15 is 0 Å². The van der Waals surface area contributed by atoms with Gasteiger partial charge in [0.2, 0.25) is 0 Å². The van der Waals surface area contributed by atoms with Crippen LogP contribution in [0, 0.1) is 0 Å². The molecule has 0 aliphatic rings. The monoisotopic (exact) mass is 342 g/mol. The van der Waals surface area contributed by atoms with Gasteiger partial charge in [0.15, 0.2) is 5.82 Å². The lowest BCUT2D eigenvalue weighted by Gasteiger charge is -2.09. The van der Waals surface area contributed by atoms with Crippen molar-refractivity contribution in [1.82, 2.24) is 4.98 Å². The highest BCUT2D eigenvalue weighted by Gasteiger charge is 2.37. The summed E-state index contributed by atoms with van der Waals surface area (Å²) in [6.07, 6.45) is -3.48. The molecule has 6 nitrogen and oxygen atoms in total. The van der Waals surface area contributed by atoms with Gasteiger partial charge in [-0.3, -0.25) is 9.59 Å². The summed E-state index contributed by atoms with van der Waals surface area (Å²) in [6.45, 7) is 3.07. The van der Waals surface area contributed by atoms with Gasteiger partial charge < -0.3 is 14.5 Å². The molecule has 0 atom stereocenters. The fourth-order valence-electron chi connectivity index (χ4n) is 1.89. The fraction of sp³-hybridized carbons (Fsp3) is 0.267. The molecule has 0 unspecified atom stereocenters. The number of aryl methyl sites for hydroxylation is 1. The predicted molar refractivity (Wildman–Crippen MR) is 76.6 cm³/mol. The zero-order chi connectivity index (χ0) is 17.9. The summed E-state index contributed by atoms with van der Waals surface area (Å²) in [4.78, 5) is 26.3. The Morgan fingerprint density at radius 1 is 1.33 bits per heavy atom. The van der Waals surface area contributed by atoms with E-state index in [-0.39, 0.29) is 17.1 Å². The van der Waals surface area contributed by atoms with Crippen LogP contribution in [0.2, 0.25) is 0 Å². The maximum Gasteiger partial charge on any atom is 0.469 e. The van der Waals surface area contributed by atoms with Crippen LogP contribution in [0.25, 0.3) is 0 Å². The average Bonchev–Trinajstić information content (AvgIpc) is 2.95. The zero-order valence-electron chi connectivity index (χ0n) is 12.7. The van der Waals surface area contributed by atoms with E-state index in [1.54, 1.807) is 6.07 Å². The number of ether oxygens (including phenoxy) is 1. The maximum absolute atomic E-state index is 12.4. The fourth-order valence-corrected chi connectivity index (χ4v) is 1.89. The Morgan fingerprint density at radius 2 is 2.04 bits per heavy atom. The van der Waals surface area contributed by atoms with Crippen molar-refractivity contribution in [3.8, 4) is 5.75 Å². The molecular formula is C15H13F3N2O4. The number of hydrogen-bond donors (Lipinski definition) is 1. The molecule has 2 aromatic rings. The Kier molecular flexibility index (Phi) is 4.91. The Balaban J connectivity index is 2.20. The predicted octanol–water partition coefficient (Wildman–Crippen LogP) is 3.43. The topological polar surface area (TPSA) is 81.4 Å². The van der Waals surface area contributed by atoms with E-state index in [0.29, 0.717) is 18.2 Å². The van der Waals surface area contributed by atoms with Crippen molar-refractivity contribution in [3.63, 3.8) is 0 Å². The van der Waals surface area contributed by atoms with Crippen molar-refractivity contribution in [2.24, 2.45) is 0 Å². The molecule has 0 aliphatic carbocycles. The summed E-state index contributed by atoms with van der Waals surface area (Å²) < 4.78 is 46.5. The molecule has 0 bridgehead atoms. The van der Waals surface area contributed by atoms with Gasteiger partial charge in [-0.25, -0.2) is 0 Å². The molecule has 0 saturated carbocycles. The highest BCUT2D eigenvalue weighted by atomic mass is 19.4. The summed E-state index contributed by atoms with van der Waals surface area (Å²) >= 11 is 0. The lowest BCUT2D eigenvalue weighted by molar-refractivity contribution is -0.157. The number of amides is 1. The maximum atomic E-state index is 12.4. The Labute approximate surface area is 134 Å². The molecule has 0 spiro atoms. The van der Waals surface area contributed by atoms with Crippen molar-refractivity contribution in [2.75, 3.05) is 5.32 Å². The molecule has 2 rings (SSSR count). The van der Waals surface area contributed by atoms with Crippen LogP contribution in [0.15, 0.2) is 28.9 Å². The minimum absolute atomic E-state index is 0.0972. The van der Waals surface area contributed by atoms with Crippen LogP contribution in [0.4, 0.5) is 19.0 Å². The van der Waals surface area contributed by atoms with E-state index in [4.69, 9.17) is 4.74 Å². The van der Waals surface area contributed by atoms with Gasteiger partial charge in [-0.1, -0.05) is 13.0 Å². The normalized spacial score (nSPS) is 11.2. The van der Waals surface area contributed by atoms with Gasteiger partial charge in [-0.15, -0.1) is 0 Å². The van der Waals surface area contributed by atoms with Crippen LogP contribution >= 0.6 is 0 Å². The van der Waals surface area contributed by atoms with E-state index in [0.717, 1.165) is 0 Å². The number of carbonyl (C=O) groups excluding carboxylic acids is 2. The molecule has 1 aromatic heterocycles. The van der Waals surface area contributed by atoms with Crippen molar-refractivity contribution in [3.05, 3.63) is 41.5 Å². The van der Waals surface area contributed by atoms with Gasteiger partial charge in [0.25, 0.3) is 5.91 Å². The third kappa shape index (κ3) is 4.12. The molecule has 0 radical (unpaired) electrons. The van der Waals surface area contributed by atoms with Crippen LogP contribution < -0.4 is 10.1 Å². The first-order chi connectivity index (χ1) is 11.2. The Bertz CT molecular complexity index is 768. The van der Waals surface area contributed by atoms with E-state index in [1.807, 2.05) is 6.92 Å². The third-order valence-electron chi connectivity index (χ3n) is 2.95. The largest absolute Gasteiger partial charge is 0.469 e. The summed E-state index contributed by atoms with van der Waals surface area (Å²) in [6, 6.07) is 4.39. The second kappa shape index (κ2) is 6.73. The Hall–Kier alpha value is -2.84. The highest BCUT2D eigenvalue weighted by Crippen LogP contribution is 2.29. The molecule has 0 fully saturated rings. The molecule has 1 aromatic carbocycles. The number of nitrogens with zero attached hydrogens (tertiary/aromatic N) is 1. The van der Waals surface area contributed by atoms with Crippen molar-refractivity contribution in [2.45, 2.75) is 26.4 Å². The SMILES string of the molecule is CCc1ccc(C(=O)Nc2coc(C(F)(F)F)n2)cc1OC(C)=O. The first-order valence-electron chi connectivity index (χ1n) is 6.86. The van der Waals surface area contributed by atoms with Crippen LogP contribution in [0.5, 0.6) is 5.75 Å². The molecule has 9 heteroatoms. The smallest absolute Gasteiger partial charge is 0.439 e. The van der Waals surface area contributed by atoms with Gasteiger partial charge in [0, 0.05) is 12.5 Å². The number of halogens is 3. The lowest BCUT2D eigenvalue weighted by atomic mass is 10.1. The van der Waals surface area contributed by atoms with E-state index in [1.165, 1.54) is 19.1 Å². The van der Waals surface area contributed by atoms with Crippen molar-refractivity contribution < 1.29 is 31.9 Å².